The van der Waals surface area contributed by atoms with E-state index in [1.54, 1.807) is 0 Å². The Kier molecular flexibility index (Phi) is 10.5. The summed E-state index contributed by atoms with van der Waals surface area (Å²) in [6.07, 6.45) is 5.36. The third kappa shape index (κ3) is 8.90. The molecule has 10 heteroatoms. The molecule has 0 spiro atoms. The minimum Gasteiger partial charge on any atom is -0.432 e. The van der Waals surface area contributed by atoms with Gasteiger partial charge >= 0.3 is 12.5 Å². The van der Waals surface area contributed by atoms with Crippen LogP contribution in [0.3, 0.4) is 0 Å². The summed E-state index contributed by atoms with van der Waals surface area (Å²) in [5.74, 6) is -2.64. The third-order valence-electron chi connectivity index (χ3n) is 8.26. The molecule has 1 saturated heterocycles. The molecule has 1 aliphatic heterocycles. The topological polar surface area (TPSA) is 36.9 Å². The van der Waals surface area contributed by atoms with Gasteiger partial charge in [0.2, 0.25) is 0 Å². The maximum absolute atomic E-state index is 14.8. The standard InChI is InChI=1S/C30H38F6O4/c1-2-3-4-22-18-37-28(38-19-22)23-11-7-20(8-12-23)5-6-21-9-13-24(14-10-21)29(32,33)39-25-15-16-27(26(31)17-25)40-30(34,35)36/h2,5-6,15-17,20-24,28H,1,3-4,7-14,18-19H2/b6-5+. The number of allylic oxidation sites excluding steroid dienone is 3. The summed E-state index contributed by atoms with van der Waals surface area (Å²) >= 11 is 0. The van der Waals surface area contributed by atoms with Crippen molar-refractivity contribution in [1.29, 1.82) is 0 Å². The molecule has 1 heterocycles. The first-order chi connectivity index (χ1) is 19.0. The van der Waals surface area contributed by atoms with Crippen molar-refractivity contribution in [2.75, 3.05) is 13.2 Å². The summed E-state index contributed by atoms with van der Waals surface area (Å²) in [5, 5.41) is 0. The first kappa shape index (κ1) is 30.8. The van der Waals surface area contributed by atoms with E-state index in [0.717, 1.165) is 57.8 Å². The van der Waals surface area contributed by atoms with Gasteiger partial charge in [0.15, 0.2) is 17.9 Å². The highest BCUT2D eigenvalue weighted by molar-refractivity contribution is 5.33. The molecule has 0 aromatic heterocycles. The summed E-state index contributed by atoms with van der Waals surface area (Å²) in [7, 11) is 0. The van der Waals surface area contributed by atoms with Crippen LogP contribution in [0.4, 0.5) is 26.3 Å². The van der Waals surface area contributed by atoms with Crippen LogP contribution in [0.5, 0.6) is 11.5 Å². The van der Waals surface area contributed by atoms with Gasteiger partial charge in [-0.05, 0) is 88.2 Å². The average molecular weight is 577 g/mol. The zero-order valence-electron chi connectivity index (χ0n) is 22.5. The molecule has 2 aliphatic carbocycles. The van der Waals surface area contributed by atoms with Gasteiger partial charge in [-0.3, -0.25) is 0 Å². The molecule has 2 saturated carbocycles. The summed E-state index contributed by atoms with van der Waals surface area (Å²) in [5.41, 5.74) is 0. The Morgan fingerprint density at radius 2 is 1.45 bits per heavy atom. The van der Waals surface area contributed by atoms with Crippen LogP contribution in [0.15, 0.2) is 43.0 Å². The SMILES string of the molecule is C=CCCC1COC(C2CCC(/C=C/C3CCC(C(F)(F)Oc4ccc(OC(F)(F)F)c(F)c4)CC3)CC2)OC1. The van der Waals surface area contributed by atoms with Gasteiger partial charge in [-0.25, -0.2) is 4.39 Å². The lowest BCUT2D eigenvalue weighted by molar-refractivity contribution is -0.275. The van der Waals surface area contributed by atoms with Crippen LogP contribution in [-0.2, 0) is 9.47 Å². The van der Waals surface area contributed by atoms with E-state index in [2.05, 4.69) is 23.5 Å². The Morgan fingerprint density at radius 3 is 2.00 bits per heavy atom. The van der Waals surface area contributed by atoms with Gasteiger partial charge in [0.25, 0.3) is 0 Å². The zero-order valence-corrected chi connectivity index (χ0v) is 22.5. The first-order valence-electron chi connectivity index (χ1n) is 14.2. The van der Waals surface area contributed by atoms with Crippen molar-refractivity contribution >= 4 is 0 Å². The van der Waals surface area contributed by atoms with Gasteiger partial charge < -0.3 is 18.9 Å². The van der Waals surface area contributed by atoms with Gasteiger partial charge in [0.1, 0.15) is 5.75 Å². The van der Waals surface area contributed by atoms with Gasteiger partial charge in [-0.1, -0.05) is 18.2 Å². The minimum atomic E-state index is -5.09. The van der Waals surface area contributed by atoms with Crippen LogP contribution in [0, 0.1) is 35.4 Å². The van der Waals surface area contributed by atoms with Gasteiger partial charge in [-0.2, -0.15) is 8.78 Å². The van der Waals surface area contributed by atoms with Crippen LogP contribution in [-0.4, -0.2) is 32.0 Å². The predicted molar refractivity (Wildman–Crippen MR) is 137 cm³/mol. The van der Waals surface area contributed by atoms with Crippen LogP contribution in [0.2, 0.25) is 0 Å². The Balaban J connectivity index is 1.17. The van der Waals surface area contributed by atoms with E-state index in [4.69, 9.17) is 14.2 Å². The van der Waals surface area contributed by atoms with Gasteiger partial charge in [0, 0.05) is 17.9 Å². The zero-order chi connectivity index (χ0) is 28.8. The second-order valence-electron chi connectivity index (χ2n) is 11.2. The molecule has 4 rings (SSSR count). The molecule has 4 nitrogen and oxygen atoms in total. The van der Waals surface area contributed by atoms with Crippen molar-refractivity contribution in [2.24, 2.45) is 29.6 Å². The number of hydrogen-bond acceptors (Lipinski definition) is 4. The number of hydrogen-bond donors (Lipinski definition) is 0. The van der Waals surface area contributed by atoms with Crippen molar-refractivity contribution in [2.45, 2.75) is 83.0 Å². The van der Waals surface area contributed by atoms with Crippen molar-refractivity contribution in [1.82, 2.24) is 0 Å². The largest absolute Gasteiger partial charge is 0.573 e. The predicted octanol–water partition coefficient (Wildman–Crippen LogP) is 8.82. The summed E-state index contributed by atoms with van der Waals surface area (Å²) in [6.45, 7) is 5.25. The van der Waals surface area contributed by atoms with Crippen molar-refractivity contribution in [3.8, 4) is 11.5 Å². The molecule has 40 heavy (non-hydrogen) atoms. The fourth-order valence-electron chi connectivity index (χ4n) is 5.92. The molecule has 3 aliphatic rings. The fourth-order valence-corrected chi connectivity index (χ4v) is 5.92. The molecule has 0 amide bonds. The number of alkyl halides is 5. The molecular formula is C30H38F6O4. The number of rotatable bonds is 10. The van der Waals surface area contributed by atoms with Crippen LogP contribution >= 0.6 is 0 Å². The molecule has 224 valence electrons. The minimum absolute atomic E-state index is 0.119. The number of halogens is 6. The van der Waals surface area contributed by atoms with Crippen molar-refractivity contribution in [3.63, 3.8) is 0 Å². The molecular weight excluding hydrogens is 538 g/mol. The second-order valence-corrected chi connectivity index (χ2v) is 11.2. The normalized spacial score (nSPS) is 30.2. The molecule has 0 N–H and O–H groups in total. The molecule has 0 unspecified atom stereocenters. The number of ether oxygens (including phenoxy) is 4. The van der Waals surface area contributed by atoms with Crippen LogP contribution in [0.25, 0.3) is 0 Å². The number of benzene rings is 1. The van der Waals surface area contributed by atoms with Crippen molar-refractivity contribution in [3.05, 3.63) is 48.8 Å². The Labute approximate surface area is 231 Å². The summed E-state index contributed by atoms with van der Waals surface area (Å²) < 4.78 is 101. The van der Waals surface area contributed by atoms with E-state index in [0.29, 0.717) is 42.7 Å². The van der Waals surface area contributed by atoms with Crippen LogP contribution in [0.1, 0.15) is 64.2 Å². The lowest BCUT2D eigenvalue weighted by atomic mass is 9.78. The Morgan fingerprint density at radius 1 is 0.850 bits per heavy atom. The lowest BCUT2D eigenvalue weighted by Gasteiger charge is -2.37. The summed E-state index contributed by atoms with van der Waals surface area (Å²) in [4.78, 5) is 0. The van der Waals surface area contributed by atoms with Gasteiger partial charge in [-0.15, -0.1) is 19.8 Å². The van der Waals surface area contributed by atoms with E-state index >= 15 is 0 Å². The van der Waals surface area contributed by atoms with E-state index in [-0.39, 0.29) is 25.0 Å². The lowest BCUT2D eigenvalue weighted by Crippen LogP contribution is -2.38. The Bertz CT molecular complexity index is 973. The van der Waals surface area contributed by atoms with E-state index < -0.39 is 35.7 Å². The molecule has 0 radical (unpaired) electrons. The summed E-state index contributed by atoms with van der Waals surface area (Å²) in [6, 6.07) is 1.94. The van der Waals surface area contributed by atoms with E-state index in [1.165, 1.54) is 0 Å². The Hall–Kier alpha value is -2.20. The first-order valence-corrected chi connectivity index (χ1v) is 14.2. The van der Waals surface area contributed by atoms with E-state index in [9.17, 15) is 26.3 Å². The maximum Gasteiger partial charge on any atom is 0.573 e. The fraction of sp³-hybridized carbons (Fsp3) is 0.667. The molecule has 1 aromatic carbocycles. The van der Waals surface area contributed by atoms with Crippen molar-refractivity contribution < 1.29 is 45.3 Å². The molecule has 3 fully saturated rings. The van der Waals surface area contributed by atoms with Gasteiger partial charge in [0.05, 0.1) is 19.1 Å². The molecule has 0 atom stereocenters. The van der Waals surface area contributed by atoms with E-state index in [1.807, 2.05) is 6.08 Å². The smallest absolute Gasteiger partial charge is 0.432 e. The highest BCUT2D eigenvalue weighted by Crippen LogP contribution is 2.42. The maximum atomic E-state index is 14.8. The third-order valence-corrected chi connectivity index (χ3v) is 8.26. The van der Waals surface area contributed by atoms with Crippen LogP contribution < -0.4 is 9.47 Å². The molecule has 1 aromatic rings. The monoisotopic (exact) mass is 576 g/mol. The second kappa shape index (κ2) is 13.6. The highest BCUT2D eigenvalue weighted by Gasteiger charge is 2.44. The molecule has 0 bridgehead atoms. The highest BCUT2D eigenvalue weighted by atomic mass is 19.4. The average Bonchev–Trinajstić information content (AvgIpc) is 2.92. The quantitative estimate of drug-likeness (QED) is 0.206.